The first-order chi connectivity index (χ1) is 8.39. The number of aromatic amines is 1. The van der Waals surface area contributed by atoms with Crippen molar-refractivity contribution in [2.24, 2.45) is 0 Å². The first-order valence-electron chi connectivity index (χ1n) is 5.50. The van der Waals surface area contributed by atoms with Crippen molar-refractivity contribution in [3.05, 3.63) is 12.2 Å². The molecule has 0 aliphatic rings. The molecule has 8 nitrogen and oxygen atoms in total. The average Bonchev–Trinajstić information content (AvgIpc) is 2.81. The molecule has 100 valence electrons. The maximum absolute atomic E-state index is 11.8. The van der Waals surface area contributed by atoms with Crippen LogP contribution >= 0.6 is 0 Å². The van der Waals surface area contributed by atoms with Crippen molar-refractivity contribution in [1.82, 2.24) is 25.4 Å². The van der Waals surface area contributed by atoms with E-state index in [4.69, 9.17) is 5.11 Å². The van der Waals surface area contributed by atoms with Crippen molar-refractivity contribution in [1.29, 1.82) is 0 Å². The molecule has 0 aromatic carbocycles. The number of aliphatic carboxylic acids is 1. The van der Waals surface area contributed by atoms with Crippen LogP contribution in [0.1, 0.15) is 26.1 Å². The van der Waals surface area contributed by atoms with Gasteiger partial charge in [-0.15, -0.1) is 0 Å². The summed E-state index contributed by atoms with van der Waals surface area (Å²) in [7, 11) is 1.55. The zero-order chi connectivity index (χ0) is 13.8. The summed E-state index contributed by atoms with van der Waals surface area (Å²) in [5, 5.41) is 17.8. The van der Waals surface area contributed by atoms with Gasteiger partial charge in [-0.25, -0.2) is 14.6 Å². The van der Waals surface area contributed by atoms with Crippen molar-refractivity contribution >= 4 is 12.0 Å². The van der Waals surface area contributed by atoms with Gasteiger partial charge in [0, 0.05) is 7.05 Å². The second kappa shape index (κ2) is 5.48. The summed E-state index contributed by atoms with van der Waals surface area (Å²) in [6.07, 6.45) is 1.64. The number of nitrogens with one attached hydrogen (secondary N) is 2. The Balaban J connectivity index is 2.62. The number of nitrogens with zero attached hydrogens (tertiary/aromatic N) is 3. The lowest BCUT2D eigenvalue weighted by atomic mass is 10.00. The number of carbonyl (C=O) groups is 2. The number of hydrogen-bond donors (Lipinski definition) is 3. The summed E-state index contributed by atoms with van der Waals surface area (Å²) in [6, 6.07) is -0.474. The molecule has 18 heavy (non-hydrogen) atoms. The van der Waals surface area contributed by atoms with Gasteiger partial charge < -0.3 is 15.3 Å². The van der Waals surface area contributed by atoms with E-state index in [1.54, 1.807) is 14.0 Å². The molecule has 0 aliphatic heterocycles. The Kier molecular flexibility index (Phi) is 4.24. The van der Waals surface area contributed by atoms with E-state index in [0.29, 0.717) is 12.2 Å². The first kappa shape index (κ1) is 13.9. The van der Waals surface area contributed by atoms with Gasteiger partial charge in [0.1, 0.15) is 17.7 Å². The van der Waals surface area contributed by atoms with Gasteiger partial charge >= 0.3 is 12.0 Å². The Labute approximate surface area is 104 Å². The van der Waals surface area contributed by atoms with E-state index in [1.165, 1.54) is 18.2 Å². The quantitative estimate of drug-likeness (QED) is 0.696. The van der Waals surface area contributed by atoms with Crippen molar-refractivity contribution in [2.45, 2.75) is 32.4 Å². The fraction of sp³-hybridized carbons (Fsp3) is 0.600. The Morgan fingerprint density at radius 3 is 2.72 bits per heavy atom. The molecule has 0 bridgehead atoms. The molecule has 1 unspecified atom stereocenters. The topological polar surface area (TPSA) is 111 Å². The van der Waals surface area contributed by atoms with E-state index in [-0.39, 0.29) is 6.54 Å². The van der Waals surface area contributed by atoms with Crippen molar-refractivity contribution in [2.75, 3.05) is 7.05 Å². The van der Waals surface area contributed by atoms with E-state index >= 15 is 0 Å². The van der Waals surface area contributed by atoms with Crippen LogP contribution in [-0.2, 0) is 11.3 Å². The molecule has 0 spiro atoms. The molecular formula is C10H17N5O3. The van der Waals surface area contributed by atoms with E-state index < -0.39 is 17.5 Å². The Bertz CT molecular complexity index is 419. The van der Waals surface area contributed by atoms with Crippen LogP contribution in [0.3, 0.4) is 0 Å². The maximum atomic E-state index is 11.8. The zero-order valence-corrected chi connectivity index (χ0v) is 10.6. The Morgan fingerprint density at radius 2 is 2.28 bits per heavy atom. The highest BCUT2D eigenvalue weighted by Crippen LogP contribution is 2.10. The fourth-order valence-electron chi connectivity index (χ4n) is 1.23. The number of hydrogen-bond acceptors (Lipinski definition) is 4. The molecule has 1 heterocycles. The van der Waals surface area contributed by atoms with Crippen LogP contribution in [0.4, 0.5) is 4.79 Å². The number of carboxylic acid groups (broad SMARTS) is 1. The standard InChI is InChI=1S/C10H17N5O3/c1-4-10(2,8(16)17)13-9(18)15(3)5-7-11-6-12-14-7/h6H,4-5H2,1-3H3,(H,13,18)(H,16,17)(H,11,12,14). The van der Waals surface area contributed by atoms with Gasteiger partial charge in [0.05, 0.1) is 6.54 Å². The minimum absolute atomic E-state index is 0.227. The number of amides is 2. The normalized spacial score (nSPS) is 13.7. The number of urea groups is 1. The number of rotatable bonds is 5. The third-order valence-electron chi connectivity index (χ3n) is 2.76. The van der Waals surface area contributed by atoms with Crippen LogP contribution in [0.2, 0.25) is 0 Å². The zero-order valence-electron chi connectivity index (χ0n) is 10.6. The van der Waals surface area contributed by atoms with Gasteiger partial charge in [-0.2, -0.15) is 5.10 Å². The van der Waals surface area contributed by atoms with Crippen molar-refractivity contribution in [3.63, 3.8) is 0 Å². The monoisotopic (exact) mass is 255 g/mol. The highest BCUT2D eigenvalue weighted by molar-refractivity contribution is 5.85. The molecule has 0 fully saturated rings. The second-order valence-corrected chi connectivity index (χ2v) is 4.21. The first-order valence-corrected chi connectivity index (χ1v) is 5.50. The van der Waals surface area contributed by atoms with Gasteiger partial charge in [0.15, 0.2) is 0 Å². The summed E-state index contributed by atoms with van der Waals surface area (Å²) in [5.41, 5.74) is -1.27. The molecule has 0 saturated carbocycles. The molecule has 3 N–H and O–H groups in total. The second-order valence-electron chi connectivity index (χ2n) is 4.21. The van der Waals surface area contributed by atoms with Crippen LogP contribution in [0.5, 0.6) is 0 Å². The summed E-state index contributed by atoms with van der Waals surface area (Å²) in [4.78, 5) is 28.1. The number of carbonyl (C=O) groups excluding carboxylic acids is 1. The SMILES string of the molecule is CCC(C)(NC(=O)N(C)Cc1ncn[nH]1)C(=O)O. The predicted octanol–water partition coefficient (Wildman–Crippen LogP) is 0.199. The van der Waals surface area contributed by atoms with Gasteiger partial charge in [0.2, 0.25) is 0 Å². The van der Waals surface area contributed by atoms with E-state index in [2.05, 4.69) is 20.5 Å². The molecule has 1 aromatic heterocycles. The molecular weight excluding hydrogens is 238 g/mol. The van der Waals surface area contributed by atoms with E-state index in [9.17, 15) is 9.59 Å². The Hall–Kier alpha value is -2.12. The lowest BCUT2D eigenvalue weighted by Gasteiger charge is -2.27. The highest BCUT2D eigenvalue weighted by Gasteiger charge is 2.33. The van der Waals surface area contributed by atoms with Crippen LogP contribution < -0.4 is 5.32 Å². The molecule has 8 heteroatoms. The molecule has 1 atom stereocenters. The van der Waals surface area contributed by atoms with Crippen LogP contribution in [0, 0.1) is 0 Å². The van der Waals surface area contributed by atoms with E-state index in [1.807, 2.05) is 0 Å². The number of H-pyrrole nitrogens is 1. The lowest BCUT2D eigenvalue weighted by molar-refractivity contribution is -0.143. The maximum Gasteiger partial charge on any atom is 0.329 e. The predicted molar refractivity (Wildman–Crippen MR) is 62.7 cm³/mol. The summed E-state index contributed by atoms with van der Waals surface area (Å²) >= 11 is 0. The van der Waals surface area contributed by atoms with Gasteiger partial charge in [-0.1, -0.05) is 6.92 Å². The van der Waals surface area contributed by atoms with Gasteiger partial charge in [-0.05, 0) is 13.3 Å². The van der Waals surface area contributed by atoms with Gasteiger partial charge in [0.25, 0.3) is 0 Å². The molecule has 0 aliphatic carbocycles. The third-order valence-corrected chi connectivity index (χ3v) is 2.76. The average molecular weight is 255 g/mol. The minimum Gasteiger partial charge on any atom is -0.480 e. The molecule has 2 amide bonds. The highest BCUT2D eigenvalue weighted by atomic mass is 16.4. The van der Waals surface area contributed by atoms with Gasteiger partial charge in [-0.3, -0.25) is 5.10 Å². The van der Waals surface area contributed by atoms with Crippen LogP contribution in [0.25, 0.3) is 0 Å². The molecule has 1 aromatic rings. The Morgan fingerprint density at radius 1 is 1.61 bits per heavy atom. The fourth-order valence-corrected chi connectivity index (χ4v) is 1.23. The summed E-state index contributed by atoms with van der Waals surface area (Å²) in [5.74, 6) is -0.535. The number of carboxylic acids is 1. The molecule has 0 radical (unpaired) electrons. The van der Waals surface area contributed by atoms with E-state index in [0.717, 1.165) is 0 Å². The third kappa shape index (κ3) is 3.19. The summed E-state index contributed by atoms with van der Waals surface area (Å²) in [6.45, 7) is 3.39. The number of aromatic nitrogens is 3. The largest absolute Gasteiger partial charge is 0.480 e. The minimum atomic E-state index is -1.27. The molecule has 0 saturated heterocycles. The summed E-state index contributed by atoms with van der Waals surface area (Å²) < 4.78 is 0. The smallest absolute Gasteiger partial charge is 0.329 e. The lowest BCUT2D eigenvalue weighted by Crippen LogP contribution is -2.55. The van der Waals surface area contributed by atoms with Crippen LogP contribution in [-0.4, -0.2) is 49.8 Å². The van der Waals surface area contributed by atoms with Crippen LogP contribution in [0.15, 0.2) is 6.33 Å². The molecule has 1 rings (SSSR count). The van der Waals surface area contributed by atoms with Crippen molar-refractivity contribution in [3.8, 4) is 0 Å². The van der Waals surface area contributed by atoms with Crippen molar-refractivity contribution < 1.29 is 14.7 Å².